The van der Waals surface area contributed by atoms with E-state index in [1.54, 1.807) is 4.40 Å². The molecule has 0 atom stereocenters. The van der Waals surface area contributed by atoms with Crippen LogP contribution < -0.4 is 4.40 Å². The normalized spacial score (nSPS) is 11.5. The molecule has 0 nitrogen and oxygen atoms in total. The summed E-state index contributed by atoms with van der Waals surface area (Å²) in [6, 6.07) is 17.7. The minimum atomic E-state index is -1.72. The fourth-order valence-electron chi connectivity index (χ4n) is 2.02. The van der Waals surface area contributed by atoms with Crippen LogP contribution in [0.25, 0.3) is 11.1 Å². The third kappa shape index (κ3) is 2.81. The molecule has 2 aromatic carbocycles. The first-order valence-corrected chi connectivity index (χ1v) is 13.5. The van der Waals surface area contributed by atoms with Crippen molar-refractivity contribution in [1.82, 2.24) is 0 Å². The summed E-state index contributed by atoms with van der Waals surface area (Å²) in [4.78, 5) is 0. The molecule has 0 aliphatic rings. The van der Waals surface area contributed by atoms with Gasteiger partial charge in [0.1, 0.15) is 0 Å². The van der Waals surface area contributed by atoms with Crippen LogP contribution in [0, 0.1) is 6.92 Å². The van der Waals surface area contributed by atoms with Gasteiger partial charge in [-0.15, -0.1) is 0 Å². The zero-order valence-corrected chi connectivity index (χ0v) is 13.2. The molecule has 0 heterocycles. The topological polar surface area (TPSA) is 0 Å². The number of benzene rings is 2. The molecule has 0 N–H and O–H groups in total. The molecular weight excluding hydrogens is 265 g/mol. The van der Waals surface area contributed by atoms with E-state index in [1.165, 1.54) is 16.7 Å². The van der Waals surface area contributed by atoms with Gasteiger partial charge >= 0.3 is 107 Å². The Labute approximate surface area is 107 Å². The van der Waals surface area contributed by atoms with Crippen molar-refractivity contribution >= 4 is 17.7 Å². The molecule has 0 amide bonds. The summed E-state index contributed by atoms with van der Waals surface area (Å²) in [5.41, 5.74) is 4.09. The fraction of sp³-hybridized carbons (Fsp3) is 0.250. The van der Waals surface area contributed by atoms with Gasteiger partial charge in [-0.2, -0.15) is 0 Å². The number of aryl methyl sites for hydroxylation is 1. The molecule has 88 valence electrons. The molecule has 2 rings (SSSR count). The summed E-state index contributed by atoms with van der Waals surface area (Å²) in [5.74, 6) is 7.33. The molecule has 0 bridgehead atoms. The molecule has 0 spiro atoms. The van der Waals surface area contributed by atoms with Gasteiger partial charge in [0.25, 0.3) is 0 Å². The second kappa shape index (κ2) is 4.69. The fourth-order valence-corrected chi connectivity index (χ4v) is 4.45. The molecule has 17 heavy (non-hydrogen) atoms. The van der Waals surface area contributed by atoms with Crippen LogP contribution >= 0.6 is 0 Å². The summed E-state index contributed by atoms with van der Waals surface area (Å²) in [6.07, 6.45) is 0. The van der Waals surface area contributed by atoms with E-state index >= 15 is 0 Å². The van der Waals surface area contributed by atoms with Gasteiger partial charge in [0.15, 0.2) is 0 Å². The standard InChI is InChI=1S/C16H20Ge/c1-13-10-11-15(17(2,3)4)12-16(13)14-8-6-5-7-9-14/h5-12H,1-4H3. The van der Waals surface area contributed by atoms with Crippen LogP contribution in [0.5, 0.6) is 0 Å². The first-order valence-electron chi connectivity index (χ1n) is 6.15. The second-order valence-electron chi connectivity index (χ2n) is 5.65. The SMILES string of the molecule is Cc1cc[c]([Ge]([CH3])([CH3])[CH3])cc1-c1ccccc1. The van der Waals surface area contributed by atoms with Crippen LogP contribution in [0.1, 0.15) is 5.56 Å². The van der Waals surface area contributed by atoms with E-state index in [1.807, 2.05) is 0 Å². The molecule has 1 heteroatoms. The first-order chi connectivity index (χ1) is 7.98. The van der Waals surface area contributed by atoms with E-state index in [0.29, 0.717) is 0 Å². The minimum absolute atomic E-state index is 1.33. The zero-order chi connectivity index (χ0) is 12.5. The van der Waals surface area contributed by atoms with Crippen molar-refractivity contribution in [3.05, 3.63) is 54.1 Å². The molecular formula is C16H20Ge. The second-order valence-corrected chi connectivity index (χ2v) is 16.3. The Hall–Kier alpha value is -1.02. The van der Waals surface area contributed by atoms with E-state index in [4.69, 9.17) is 0 Å². The summed E-state index contributed by atoms with van der Waals surface area (Å²) in [6.45, 7) is 2.20. The molecule has 2 aromatic rings. The van der Waals surface area contributed by atoms with Gasteiger partial charge in [-0.3, -0.25) is 0 Å². The van der Waals surface area contributed by atoms with Crippen molar-refractivity contribution in [2.24, 2.45) is 0 Å². The average molecular weight is 285 g/mol. The maximum atomic E-state index is 2.44. The Kier molecular flexibility index (Phi) is 3.43. The molecule has 0 saturated heterocycles. The van der Waals surface area contributed by atoms with Crippen LogP contribution in [0.2, 0.25) is 17.3 Å². The van der Waals surface area contributed by atoms with Gasteiger partial charge in [-0.1, -0.05) is 0 Å². The Morgan fingerprint density at radius 1 is 0.824 bits per heavy atom. The Balaban J connectivity index is 2.55. The van der Waals surface area contributed by atoms with Gasteiger partial charge in [-0.25, -0.2) is 0 Å². The van der Waals surface area contributed by atoms with Crippen LogP contribution in [0.4, 0.5) is 0 Å². The van der Waals surface area contributed by atoms with E-state index in [0.717, 1.165) is 0 Å². The summed E-state index contributed by atoms with van der Waals surface area (Å²) in [7, 11) is 0. The number of hydrogen-bond acceptors (Lipinski definition) is 0. The maximum absolute atomic E-state index is 2.44. The number of rotatable bonds is 2. The summed E-state index contributed by atoms with van der Waals surface area (Å²) in [5, 5.41) is 0. The monoisotopic (exact) mass is 286 g/mol. The average Bonchev–Trinajstić information content (AvgIpc) is 2.29. The molecule has 0 saturated carbocycles. The predicted octanol–water partition coefficient (Wildman–Crippen LogP) is 4.21. The van der Waals surface area contributed by atoms with E-state index in [-0.39, 0.29) is 0 Å². The van der Waals surface area contributed by atoms with E-state index in [2.05, 4.69) is 72.7 Å². The Morgan fingerprint density at radius 2 is 1.47 bits per heavy atom. The molecule has 0 fully saturated rings. The predicted molar refractivity (Wildman–Crippen MR) is 79.6 cm³/mol. The third-order valence-corrected chi connectivity index (χ3v) is 7.47. The van der Waals surface area contributed by atoms with Crippen LogP contribution in [0.15, 0.2) is 48.5 Å². The zero-order valence-electron chi connectivity index (χ0n) is 11.1. The van der Waals surface area contributed by atoms with Crippen molar-refractivity contribution in [1.29, 1.82) is 0 Å². The summed E-state index contributed by atoms with van der Waals surface area (Å²) < 4.78 is 1.58. The third-order valence-electron chi connectivity index (χ3n) is 3.19. The van der Waals surface area contributed by atoms with Crippen molar-refractivity contribution in [2.45, 2.75) is 24.2 Å². The quantitative estimate of drug-likeness (QED) is 0.725. The van der Waals surface area contributed by atoms with Gasteiger partial charge in [0, 0.05) is 0 Å². The Bertz CT molecular complexity index is 507. The first kappa shape index (κ1) is 12.4. The molecule has 0 aliphatic heterocycles. The molecule has 0 aromatic heterocycles. The van der Waals surface area contributed by atoms with Crippen molar-refractivity contribution < 1.29 is 0 Å². The van der Waals surface area contributed by atoms with Crippen LogP contribution in [-0.4, -0.2) is 13.3 Å². The van der Waals surface area contributed by atoms with Crippen molar-refractivity contribution in [3.8, 4) is 11.1 Å². The van der Waals surface area contributed by atoms with Gasteiger partial charge in [0.05, 0.1) is 0 Å². The Morgan fingerprint density at radius 3 is 2.06 bits per heavy atom. The number of hydrogen-bond donors (Lipinski definition) is 0. The van der Waals surface area contributed by atoms with Crippen molar-refractivity contribution in [3.63, 3.8) is 0 Å². The molecule has 0 aliphatic carbocycles. The van der Waals surface area contributed by atoms with E-state index < -0.39 is 13.3 Å². The van der Waals surface area contributed by atoms with E-state index in [9.17, 15) is 0 Å². The molecule has 0 unspecified atom stereocenters. The van der Waals surface area contributed by atoms with Crippen LogP contribution in [-0.2, 0) is 0 Å². The van der Waals surface area contributed by atoms with Gasteiger partial charge in [-0.05, 0) is 0 Å². The summed E-state index contributed by atoms with van der Waals surface area (Å²) >= 11 is -1.72. The van der Waals surface area contributed by atoms with Gasteiger partial charge in [0.2, 0.25) is 0 Å². The van der Waals surface area contributed by atoms with Gasteiger partial charge < -0.3 is 0 Å². The molecule has 0 radical (unpaired) electrons. The van der Waals surface area contributed by atoms with Crippen LogP contribution in [0.3, 0.4) is 0 Å². The van der Waals surface area contributed by atoms with Crippen molar-refractivity contribution in [2.75, 3.05) is 0 Å².